The van der Waals surface area contributed by atoms with Crippen molar-refractivity contribution in [3.05, 3.63) is 54.1 Å². The third-order valence-electron chi connectivity index (χ3n) is 3.65. The van der Waals surface area contributed by atoms with Crippen LogP contribution in [0.5, 0.6) is 0 Å². The first-order valence-corrected chi connectivity index (χ1v) is 9.89. The third kappa shape index (κ3) is 14.5. The van der Waals surface area contributed by atoms with Crippen LogP contribution in [-0.2, 0) is 9.53 Å². The highest BCUT2D eigenvalue weighted by atomic mass is 16.5. The number of hydrogen-bond acceptors (Lipinski definition) is 2. The number of carbonyl (C=O) groups excluding carboxylic acids is 1. The Hall–Kier alpha value is -1.83. The highest BCUT2D eigenvalue weighted by molar-refractivity contribution is 5.87. The molecular formula is C24H38O2. The van der Waals surface area contributed by atoms with Crippen LogP contribution in [0.3, 0.4) is 0 Å². The summed E-state index contributed by atoms with van der Waals surface area (Å²) in [5.74, 6) is -0.219. The predicted octanol–water partition coefficient (Wildman–Crippen LogP) is 7.21. The molecule has 26 heavy (non-hydrogen) atoms. The molecule has 2 heteroatoms. The summed E-state index contributed by atoms with van der Waals surface area (Å²) in [6.07, 6.45) is 10.6. The van der Waals surface area contributed by atoms with E-state index in [1.54, 1.807) is 0 Å². The largest absolute Gasteiger partial charge is 0.462 e. The van der Waals surface area contributed by atoms with Gasteiger partial charge in [-0.2, -0.15) is 0 Å². The minimum Gasteiger partial charge on any atom is -0.462 e. The SMILES string of the molecule is C=C(CCC)C(=O)OCCCCCC.CC(C)(C)C=Cc1ccccc1. The molecule has 0 aliphatic heterocycles. The number of allylic oxidation sites excluding steroid dienone is 1. The van der Waals surface area contributed by atoms with Gasteiger partial charge in [-0.05, 0) is 23.8 Å². The van der Waals surface area contributed by atoms with Gasteiger partial charge >= 0.3 is 5.97 Å². The van der Waals surface area contributed by atoms with E-state index in [0.717, 1.165) is 25.7 Å². The molecule has 0 spiro atoms. The molecule has 0 N–H and O–H groups in total. The zero-order chi connectivity index (χ0) is 19.8. The summed E-state index contributed by atoms with van der Waals surface area (Å²) in [6, 6.07) is 10.4. The van der Waals surface area contributed by atoms with Gasteiger partial charge in [-0.3, -0.25) is 0 Å². The smallest absolute Gasteiger partial charge is 0.333 e. The lowest BCUT2D eigenvalue weighted by molar-refractivity contribution is -0.139. The van der Waals surface area contributed by atoms with Crippen molar-refractivity contribution in [3.8, 4) is 0 Å². The van der Waals surface area contributed by atoms with Gasteiger partial charge in [-0.1, -0.05) is 109 Å². The van der Waals surface area contributed by atoms with Gasteiger partial charge in [0.1, 0.15) is 0 Å². The summed E-state index contributed by atoms with van der Waals surface area (Å²) in [4.78, 5) is 11.2. The first-order chi connectivity index (χ1) is 12.3. The van der Waals surface area contributed by atoms with Crippen molar-refractivity contribution in [3.63, 3.8) is 0 Å². The van der Waals surface area contributed by atoms with Gasteiger partial charge < -0.3 is 4.74 Å². The molecule has 0 aromatic heterocycles. The van der Waals surface area contributed by atoms with Crippen LogP contribution < -0.4 is 0 Å². The van der Waals surface area contributed by atoms with Gasteiger partial charge in [0.2, 0.25) is 0 Å². The van der Waals surface area contributed by atoms with Crippen molar-refractivity contribution in [1.29, 1.82) is 0 Å². The Morgan fingerprint density at radius 2 is 1.69 bits per heavy atom. The molecule has 146 valence electrons. The Labute approximate surface area is 161 Å². The van der Waals surface area contributed by atoms with Gasteiger partial charge in [-0.25, -0.2) is 4.79 Å². The van der Waals surface area contributed by atoms with Crippen LogP contribution in [0.1, 0.15) is 78.7 Å². The third-order valence-corrected chi connectivity index (χ3v) is 3.65. The summed E-state index contributed by atoms with van der Waals surface area (Å²) >= 11 is 0. The van der Waals surface area contributed by atoms with Crippen LogP contribution in [-0.4, -0.2) is 12.6 Å². The van der Waals surface area contributed by atoms with Crippen LogP contribution >= 0.6 is 0 Å². The lowest BCUT2D eigenvalue weighted by Crippen LogP contribution is -2.08. The van der Waals surface area contributed by atoms with Gasteiger partial charge in [0.15, 0.2) is 0 Å². The van der Waals surface area contributed by atoms with Gasteiger partial charge in [0.05, 0.1) is 6.61 Å². The molecule has 1 aromatic carbocycles. The summed E-state index contributed by atoms with van der Waals surface area (Å²) < 4.78 is 5.06. The fourth-order valence-corrected chi connectivity index (χ4v) is 2.11. The summed E-state index contributed by atoms with van der Waals surface area (Å²) in [5, 5.41) is 0. The molecule has 2 nitrogen and oxygen atoms in total. The van der Waals surface area contributed by atoms with E-state index in [-0.39, 0.29) is 11.4 Å². The fraction of sp³-hybridized carbons (Fsp3) is 0.542. The van der Waals surface area contributed by atoms with Crippen LogP contribution in [0.25, 0.3) is 6.08 Å². The second-order valence-electron chi connectivity index (χ2n) is 7.66. The van der Waals surface area contributed by atoms with Crippen LogP contribution in [0.4, 0.5) is 0 Å². The maximum absolute atomic E-state index is 11.2. The van der Waals surface area contributed by atoms with E-state index < -0.39 is 0 Å². The van der Waals surface area contributed by atoms with Crippen LogP contribution in [0.2, 0.25) is 0 Å². The molecule has 0 amide bonds. The van der Waals surface area contributed by atoms with E-state index in [2.05, 4.69) is 70.7 Å². The van der Waals surface area contributed by atoms with Gasteiger partial charge in [-0.15, -0.1) is 0 Å². The molecule has 0 aliphatic rings. The zero-order valence-corrected chi connectivity index (χ0v) is 17.5. The Bertz CT molecular complexity index is 521. The highest BCUT2D eigenvalue weighted by Crippen LogP contribution is 2.16. The lowest BCUT2D eigenvalue weighted by Gasteiger charge is -2.10. The summed E-state index contributed by atoms with van der Waals surface area (Å²) in [7, 11) is 0. The average Bonchev–Trinajstić information content (AvgIpc) is 2.61. The number of benzene rings is 1. The van der Waals surface area contributed by atoms with Crippen molar-refractivity contribution in [2.24, 2.45) is 5.41 Å². The Morgan fingerprint density at radius 3 is 2.23 bits per heavy atom. The molecule has 0 fully saturated rings. The van der Waals surface area contributed by atoms with Gasteiger partial charge in [0.25, 0.3) is 0 Å². The molecule has 0 unspecified atom stereocenters. The summed E-state index contributed by atoms with van der Waals surface area (Å²) in [5.41, 5.74) is 2.14. The highest BCUT2D eigenvalue weighted by Gasteiger charge is 2.06. The summed E-state index contributed by atoms with van der Waals surface area (Å²) in [6.45, 7) is 15.0. The standard InChI is InChI=1S/C12H22O2.C12H16/c1-4-6-7-8-10-14-12(13)11(3)9-5-2;1-12(2,3)10-9-11-7-5-4-6-8-11/h3-10H2,1-2H3;4-10H,1-3H3. The number of rotatable bonds is 9. The fourth-order valence-electron chi connectivity index (χ4n) is 2.11. The van der Waals surface area contributed by atoms with E-state index in [0.29, 0.717) is 12.2 Å². The van der Waals surface area contributed by atoms with E-state index in [1.165, 1.54) is 18.4 Å². The second-order valence-corrected chi connectivity index (χ2v) is 7.66. The maximum Gasteiger partial charge on any atom is 0.333 e. The number of hydrogen-bond donors (Lipinski definition) is 0. The Kier molecular flexibility index (Phi) is 13.3. The number of carbonyl (C=O) groups is 1. The molecule has 0 aliphatic carbocycles. The molecule has 1 aromatic rings. The normalized spacial score (nSPS) is 11.0. The van der Waals surface area contributed by atoms with Crippen molar-refractivity contribution in [1.82, 2.24) is 0 Å². The van der Waals surface area contributed by atoms with E-state index >= 15 is 0 Å². The minimum absolute atomic E-state index is 0.219. The molecule has 0 heterocycles. The molecule has 0 saturated carbocycles. The number of esters is 1. The predicted molar refractivity (Wildman–Crippen MR) is 114 cm³/mol. The average molecular weight is 359 g/mol. The first-order valence-electron chi connectivity index (χ1n) is 9.89. The van der Waals surface area contributed by atoms with Crippen LogP contribution in [0.15, 0.2) is 48.6 Å². The van der Waals surface area contributed by atoms with Crippen molar-refractivity contribution < 1.29 is 9.53 Å². The molecule has 0 bridgehead atoms. The molecule has 0 atom stereocenters. The van der Waals surface area contributed by atoms with Gasteiger partial charge in [0, 0.05) is 5.57 Å². The Balaban J connectivity index is 0.000000485. The number of unbranched alkanes of at least 4 members (excludes halogenated alkanes) is 3. The van der Waals surface area contributed by atoms with E-state index in [9.17, 15) is 4.79 Å². The molecule has 1 rings (SSSR count). The molecule has 0 saturated heterocycles. The molecular weight excluding hydrogens is 320 g/mol. The zero-order valence-electron chi connectivity index (χ0n) is 17.5. The van der Waals surface area contributed by atoms with E-state index in [4.69, 9.17) is 4.74 Å². The lowest BCUT2D eigenvalue weighted by atomic mass is 9.95. The molecule has 0 radical (unpaired) electrons. The quantitative estimate of drug-likeness (QED) is 0.265. The van der Waals surface area contributed by atoms with E-state index in [1.807, 2.05) is 13.0 Å². The number of ether oxygens (including phenoxy) is 1. The Morgan fingerprint density at radius 1 is 1.04 bits per heavy atom. The van der Waals surface area contributed by atoms with Crippen molar-refractivity contribution in [2.45, 2.75) is 73.1 Å². The first kappa shape index (κ1) is 24.2. The second kappa shape index (κ2) is 14.4. The minimum atomic E-state index is -0.219. The van der Waals surface area contributed by atoms with Crippen molar-refractivity contribution >= 4 is 12.0 Å². The maximum atomic E-state index is 11.2. The van der Waals surface area contributed by atoms with Crippen LogP contribution in [0, 0.1) is 5.41 Å². The monoisotopic (exact) mass is 358 g/mol. The van der Waals surface area contributed by atoms with Crippen molar-refractivity contribution in [2.75, 3.05) is 6.61 Å². The topological polar surface area (TPSA) is 26.3 Å².